The van der Waals surface area contributed by atoms with Gasteiger partial charge in [0.1, 0.15) is 5.69 Å². The highest BCUT2D eigenvalue weighted by atomic mass is 16.2. The van der Waals surface area contributed by atoms with E-state index in [1.165, 1.54) is 12.8 Å². The summed E-state index contributed by atoms with van der Waals surface area (Å²) in [5.41, 5.74) is 3.20. The summed E-state index contributed by atoms with van der Waals surface area (Å²) in [5, 5.41) is 9.79. The van der Waals surface area contributed by atoms with Crippen LogP contribution in [0.3, 0.4) is 0 Å². The third kappa shape index (κ3) is 5.10. The Morgan fingerprint density at radius 1 is 1.17 bits per heavy atom. The molecule has 3 aliphatic rings. The summed E-state index contributed by atoms with van der Waals surface area (Å²) >= 11 is 0. The van der Waals surface area contributed by atoms with Gasteiger partial charge in [-0.1, -0.05) is 12.8 Å². The van der Waals surface area contributed by atoms with Crippen LogP contribution in [-0.4, -0.2) is 60.5 Å². The molecule has 3 heterocycles. The van der Waals surface area contributed by atoms with Crippen LogP contribution in [0.15, 0.2) is 24.4 Å². The number of carbonyl (C=O) groups excluding carboxylic acids is 2. The average molecular weight is 478 g/mol. The number of nitrogens with zero attached hydrogens (tertiary/aromatic N) is 4. The molecule has 186 valence electrons. The Balaban J connectivity index is 1.35. The first kappa shape index (κ1) is 23.5. The number of nitrogens with one attached hydrogen (secondary N) is 3. The van der Waals surface area contributed by atoms with E-state index in [4.69, 9.17) is 4.98 Å². The molecule has 1 aliphatic carbocycles. The third-order valence-corrected chi connectivity index (χ3v) is 7.46. The molecule has 9 nitrogen and oxygen atoms in total. The monoisotopic (exact) mass is 477 g/mol. The quantitative estimate of drug-likeness (QED) is 0.608. The molecule has 1 saturated heterocycles. The van der Waals surface area contributed by atoms with E-state index >= 15 is 0 Å². The molecule has 0 bridgehead atoms. The number of aryl methyl sites for hydroxylation is 1. The zero-order valence-corrected chi connectivity index (χ0v) is 20.6. The predicted molar refractivity (Wildman–Crippen MR) is 137 cm³/mol. The molecule has 1 atom stereocenters. The van der Waals surface area contributed by atoms with E-state index in [9.17, 15) is 9.59 Å². The summed E-state index contributed by atoms with van der Waals surface area (Å²) in [6.45, 7) is 4.49. The van der Waals surface area contributed by atoms with E-state index in [0.29, 0.717) is 30.5 Å². The van der Waals surface area contributed by atoms with E-state index in [1.54, 1.807) is 18.1 Å². The van der Waals surface area contributed by atoms with Gasteiger partial charge in [-0.25, -0.2) is 4.98 Å². The van der Waals surface area contributed by atoms with Crippen LogP contribution in [0.5, 0.6) is 0 Å². The van der Waals surface area contributed by atoms with Crippen LogP contribution < -0.4 is 25.8 Å². The molecule has 2 fully saturated rings. The molecule has 2 amide bonds. The van der Waals surface area contributed by atoms with Gasteiger partial charge in [0.2, 0.25) is 11.9 Å². The maximum atomic E-state index is 12.7. The summed E-state index contributed by atoms with van der Waals surface area (Å²) < 4.78 is 0. The highest BCUT2D eigenvalue weighted by Crippen LogP contribution is 2.36. The molecular weight excluding hydrogens is 442 g/mol. The SMILES string of the molecule is Cc1cc(C(=O)NC2CCCNC2)ccc1Nc1ncc2c(n1)N(C1CCCC1)CCC(=O)N2C. The van der Waals surface area contributed by atoms with Gasteiger partial charge in [-0.3, -0.25) is 9.59 Å². The molecule has 9 heteroatoms. The van der Waals surface area contributed by atoms with Gasteiger partial charge in [0.15, 0.2) is 5.82 Å². The fraction of sp³-hybridized carbons (Fsp3) is 0.538. The normalized spacial score (nSPS) is 21.0. The lowest BCUT2D eigenvalue weighted by Gasteiger charge is -2.30. The van der Waals surface area contributed by atoms with Crippen molar-refractivity contribution in [2.75, 3.05) is 41.8 Å². The Bertz CT molecular complexity index is 1090. The molecule has 1 saturated carbocycles. The van der Waals surface area contributed by atoms with Crippen molar-refractivity contribution >= 4 is 35.0 Å². The van der Waals surface area contributed by atoms with Gasteiger partial charge in [0, 0.05) is 49.9 Å². The smallest absolute Gasteiger partial charge is 0.251 e. The lowest BCUT2D eigenvalue weighted by molar-refractivity contribution is -0.118. The van der Waals surface area contributed by atoms with E-state index in [2.05, 4.69) is 25.8 Å². The molecule has 5 rings (SSSR count). The minimum Gasteiger partial charge on any atom is -0.351 e. The van der Waals surface area contributed by atoms with Crippen molar-refractivity contribution < 1.29 is 9.59 Å². The van der Waals surface area contributed by atoms with Gasteiger partial charge in [0.05, 0.1) is 6.20 Å². The Morgan fingerprint density at radius 3 is 2.74 bits per heavy atom. The number of hydrogen-bond donors (Lipinski definition) is 3. The van der Waals surface area contributed by atoms with Crippen molar-refractivity contribution in [3.8, 4) is 0 Å². The van der Waals surface area contributed by atoms with Gasteiger partial charge >= 0.3 is 0 Å². The Morgan fingerprint density at radius 2 is 2.00 bits per heavy atom. The van der Waals surface area contributed by atoms with E-state index in [-0.39, 0.29) is 17.9 Å². The topological polar surface area (TPSA) is 102 Å². The first-order valence-electron chi connectivity index (χ1n) is 12.8. The number of carbonyl (C=O) groups is 2. The Labute approximate surface area is 206 Å². The number of anilines is 4. The fourth-order valence-electron chi connectivity index (χ4n) is 5.38. The summed E-state index contributed by atoms with van der Waals surface area (Å²) in [7, 11) is 1.80. The molecular formula is C26H35N7O2. The lowest BCUT2D eigenvalue weighted by Crippen LogP contribution is -2.45. The highest BCUT2D eigenvalue weighted by molar-refractivity contribution is 5.97. The number of hydrogen-bond acceptors (Lipinski definition) is 7. The van der Waals surface area contributed by atoms with Crippen LogP contribution >= 0.6 is 0 Å². The maximum Gasteiger partial charge on any atom is 0.251 e. The second kappa shape index (κ2) is 10.2. The minimum atomic E-state index is -0.0467. The van der Waals surface area contributed by atoms with Crippen molar-refractivity contribution in [3.05, 3.63) is 35.5 Å². The molecule has 2 aromatic rings. The predicted octanol–water partition coefficient (Wildman–Crippen LogP) is 3.13. The molecule has 3 N–H and O–H groups in total. The highest BCUT2D eigenvalue weighted by Gasteiger charge is 2.31. The average Bonchev–Trinajstić information content (AvgIpc) is 3.36. The van der Waals surface area contributed by atoms with Crippen LogP contribution in [0.2, 0.25) is 0 Å². The maximum absolute atomic E-state index is 12.7. The van der Waals surface area contributed by atoms with Crippen molar-refractivity contribution in [1.82, 2.24) is 20.6 Å². The number of rotatable bonds is 5. The van der Waals surface area contributed by atoms with Gasteiger partial charge in [-0.05, 0) is 62.9 Å². The van der Waals surface area contributed by atoms with Crippen LogP contribution in [-0.2, 0) is 4.79 Å². The number of piperidine rings is 1. The number of benzene rings is 1. The zero-order valence-electron chi connectivity index (χ0n) is 20.6. The van der Waals surface area contributed by atoms with Crippen LogP contribution in [0.4, 0.5) is 23.1 Å². The molecule has 0 radical (unpaired) electrons. The molecule has 1 aromatic carbocycles. The number of amides is 2. The second-order valence-electron chi connectivity index (χ2n) is 9.91. The van der Waals surface area contributed by atoms with Gasteiger partial charge < -0.3 is 25.8 Å². The van der Waals surface area contributed by atoms with Crippen LogP contribution in [0, 0.1) is 6.92 Å². The summed E-state index contributed by atoms with van der Waals surface area (Å²) in [6.07, 6.45) is 8.99. The molecule has 0 spiro atoms. The standard InChI is InChI=1S/C26H35N7O2/c1-17-14-18(25(35)29-19-6-5-12-27-15-19)9-10-21(17)30-26-28-16-22-24(31-26)33(20-7-3-4-8-20)13-11-23(34)32(22)2/h9-10,14,16,19-20,27H,3-8,11-13,15H2,1-2H3,(H,29,35)(H,28,30,31). The first-order chi connectivity index (χ1) is 17.0. The van der Waals surface area contributed by atoms with Crippen molar-refractivity contribution in [1.29, 1.82) is 0 Å². The second-order valence-corrected chi connectivity index (χ2v) is 9.91. The first-order valence-corrected chi connectivity index (χ1v) is 12.8. The van der Waals surface area contributed by atoms with E-state index in [1.807, 2.05) is 25.1 Å². The van der Waals surface area contributed by atoms with Gasteiger partial charge in [0.25, 0.3) is 5.91 Å². The van der Waals surface area contributed by atoms with E-state index < -0.39 is 0 Å². The Kier molecular flexibility index (Phi) is 6.86. The third-order valence-electron chi connectivity index (χ3n) is 7.46. The summed E-state index contributed by atoms with van der Waals surface area (Å²) in [4.78, 5) is 38.7. The largest absolute Gasteiger partial charge is 0.351 e. The van der Waals surface area contributed by atoms with Crippen molar-refractivity contribution in [3.63, 3.8) is 0 Å². The molecule has 1 unspecified atom stereocenters. The van der Waals surface area contributed by atoms with Crippen molar-refractivity contribution in [2.45, 2.75) is 64.0 Å². The van der Waals surface area contributed by atoms with Crippen LogP contribution in [0.1, 0.15) is 60.9 Å². The Hall–Kier alpha value is -3.20. The van der Waals surface area contributed by atoms with E-state index in [0.717, 1.165) is 61.5 Å². The lowest BCUT2D eigenvalue weighted by atomic mass is 10.1. The molecule has 2 aliphatic heterocycles. The summed E-state index contributed by atoms with van der Waals surface area (Å²) in [5.74, 6) is 1.35. The zero-order chi connectivity index (χ0) is 24.4. The van der Waals surface area contributed by atoms with Gasteiger partial charge in [-0.15, -0.1) is 0 Å². The molecule has 35 heavy (non-hydrogen) atoms. The fourth-order valence-corrected chi connectivity index (χ4v) is 5.38. The van der Waals surface area contributed by atoms with Gasteiger partial charge in [-0.2, -0.15) is 4.98 Å². The van der Waals surface area contributed by atoms with Crippen molar-refractivity contribution in [2.24, 2.45) is 0 Å². The summed E-state index contributed by atoms with van der Waals surface area (Å²) in [6, 6.07) is 6.23. The number of fused-ring (bicyclic) bond motifs is 1. The van der Waals surface area contributed by atoms with Crippen LogP contribution in [0.25, 0.3) is 0 Å². The number of aromatic nitrogens is 2. The minimum absolute atomic E-state index is 0.0467. The molecule has 1 aromatic heterocycles.